The van der Waals surface area contributed by atoms with Crippen LogP contribution in [0, 0.1) is 0 Å². The van der Waals surface area contributed by atoms with E-state index < -0.39 is 0 Å². The third-order valence-electron chi connectivity index (χ3n) is 4.65. The van der Waals surface area contributed by atoms with Gasteiger partial charge >= 0.3 is 0 Å². The zero-order valence-electron chi connectivity index (χ0n) is 14.8. The molecule has 0 amide bonds. The summed E-state index contributed by atoms with van der Waals surface area (Å²) in [5.41, 5.74) is 2.41. The molecule has 0 aliphatic carbocycles. The highest BCUT2D eigenvalue weighted by Gasteiger charge is 2.27. The van der Waals surface area contributed by atoms with Gasteiger partial charge in [0.1, 0.15) is 0 Å². The molecule has 0 bridgehead atoms. The highest BCUT2D eigenvalue weighted by atomic mass is 79.9. The number of ether oxygens (including phenoxy) is 2. The van der Waals surface area contributed by atoms with Crippen LogP contribution in [0.3, 0.4) is 0 Å². The second kappa shape index (κ2) is 8.70. The monoisotopic (exact) mass is 404 g/mol. The minimum Gasteiger partial charge on any atom is -0.493 e. The van der Waals surface area contributed by atoms with Gasteiger partial charge in [-0.3, -0.25) is 4.90 Å². The maximum Gasteiger partial charge on any atom is 0.165 e. The molecular weight excluding hydrogens is 380 g/mol. The smallest absolute Gasteiger partial charge is 0.165 e. The van der Waals surface area contributed by atoms with Crippen LogP contribution in [-0.4, -0.2) is 45.3 Å². The molecule has 2 aromatic rings. The minimum atomic E-state index is 0.137. The van der Waals surface area contributed by atoms with Crippen LogP contribution in [0.5, 0.6) is 11.5 Å². The minimum absolute atomic E-state index is 0.137. The van der Waals surface area contributed by atoms with E-state index in [-0.39, 0.29) is 6.04 Å². The molecule has 1 unspecified atom stereocenters. The number of hydrogen-bond donors (Lipinski definition) is 1. The van der Waals surface area contributed by atoms with Gasteiger partial charge in [-0.2, -0.15) is 0 Å². The summed E-state index contributed by atoms with van der Waals surface area (Å²) < 4.78 is 12.4. The van der Waals surface area contributed by atoms with E-state index in [1.807, 2.05) is 12.1 Å². The van der Waals surface area contributed by atoms with Crippen LogP contribution in [0.25, 0.3) is 0 Å². The molecule has 0 spiro atoms. The molecule has 5 heteroatoms. The molecule has 1 aliphatic rings. The number of benzene rings is 2. The predicted octanol–water partition coefficient (Wildman–Crippen LogP) is 3.85. The highest BCUT2D eigenvalue weighted by Crippen LogP contribution is 2.40. The Balaban J connectivity index is 2.09. The summed E-state index contributed by atoms with van der Waals surface area (Å²) in [7, 11) is 3.40. The lowest BCUT2D eigenvalue weighted by Crippen LogP contribution is -2.33. The van der Waals surface area contributed by atoms with Crippen LogP contribution in [0.4, 0.5) is 0 Å². The predicted molar refractivity (Wildman–Crippen MR) is 105 cm³/mol. The first-order chi connectivity index (χ1) is 12.2. The number of hydrogen-bond acceptors (Lipinski definition) is 4. The number of nitrogens with zero attached hydrogens (tertiary/aromatic N) is 1. The largest absolute Gasteiger partial charge is 0.493 e. The lowest BCUT2D eigenvalue weighted by atomic mass is 9.95. The number of para-hydroxylation sites is 1. The van der Waals surface area contributed by atoms with E-state index in [9.17, 15) is 0 Å². The van der Waals surface area contributed by atoms with Crippen molar-refractivity contribution >= 4 is 15.9 Å². The van der Waals surface area contributed by atoms with Crippen molar-refractivity contribution in [3.8, 4) is 11.5 Å². The Bertz CT molecular complexity index is 683. The fraction of sp³-hybridized carbons (Fsp3) is 0.400. The zero-order chi connectivity index (χ0) is 17.6. The molecule has 134 valence electrons. The van der Waals surface area contributed by atoms with Gasteiger partial charge in [-0.1, -0.05) is 40.2 Å². The van der Waals surface area contributed by atoms with Gasteiger partial charge in [0.2, 0.25) is 0 Å². The van der Waals surface area contributed by atoms with Crippen LogP contribution >= 0.6 is 15.9 Å². The molecule has 1 heterocycles. The van der Waals surface area contributed by atoms with Crippen LogP contribution in [0.15, 0.2) is 46.9 Å². The van der Waals surface area contributed by atoms with Gasteiger partial charge in [0.15, 0.2) is 11.5 Å². The summed E-state index contributed by atoms with van der Waals surface area (Å²) in [6.07, 6.45) is 1.14. The van der Waals surface area contributed by atoms with E-state index in [1.54, 1.807) is 14.2 Å². The topological polar surface area (TPSA) is 33.7 Å². The lowest BCUT2D eigenvalue weighted by molar-refractivity contribution is 0.234. The first-order valence-corrected chi connectivity index (χ1v) is 9.45. The summed E-state index contributed by atoms with van der Waals surface area (Å²) >= 11 is 3.54. The van der Waals surface area contributed by atoms with Crippen molar-refractivity contribution in [2.75, 3.05) is 40.4 Å². The molecular formula is C20H25BrN2O2. The molecule has 0 radical (unpaired) electrons. The van der Waals surface area contributed by atoms with E-state index in [0.717, 1.165) is 54.1 Å². The van der Waals surface area contributed by atoms with Crippen LogP contribution in [0.2, 0.25) is 0 Å². The van der Waals surface area contributed by atoms with Gasteiger partial charge in [-0.05, 0) is 36.7 Å². The quantitative estimate of drug-likeness (QED) is 0.820. The molecule has 25 heavy (non-hydrogen) atoms. The van der Waals surface area contributed by atoms with E-state index >= 15 is 0 Å². The van der Waals surface area contributed by atoms with Gasteiger partial charge < -0.3 is 14.8 Å². The van der Waals surface area contributed by atoms with Gasteiger partial charge in [0, 0.05) is 29.7 Å². The molecule has 1 aliphatic heterocycles. The normalized spacial score (nSPS) is 16.9. The summed E-state index contributed by atoms with van der Waals surface area (Å²) in [6.45, 7) is 4.12. The van der Waals surface area contributed by atoms with Crippen molar-refractivity contribution < 1.29 is 9.47 Å². The SMILES string of the molecule is COc1cccc(C(c2ccc(Br)cc2)N2CCCNCC2)c1OC. The second-order valence-electron chi connectivity index (χ2n) is 6.18. The average molecular weight is 405 g/mol. The van der Waals surface area contributed by atoms with Crippen LogP contribution in [0.1, 0.15) is 23.6 Å². The molecule has 1 saturated heterocycles. The fourth-order valence-electron chi connectivity index (χ4n) is 3.48. The first kappa shape index (κ1) is 18.2. The van der Waals surface area contributed by atoms with Crippen molar-refractivity contribution in [2.24, 2.45) is 0 Å². The summed E-state index contributed by atoms with van der Waals surface area (Å²) in [4.78, 5) is 2.53. The molecule has 3 rings (SSSR count). The van der Waals surface area contributed by atoms with Crippen molar-refractivity contribution in [3.05, 3.63) is 58.1 Å². The number of rotatable bonds is 5. The Morgan fingerprint density at radius 2 is 1.80 bits per heavy atom. The molecule has 0 aromatic heterocycles. The third-order valence-corrected chi connectivity index (χ3v) is 5.18. The highest BCUT2D eigenvalue weighted by molar-refractivity contribution is 9.10. The van der Waals surface area contributed by atoms with E-state index in [1.165, 1.54) is 5.56 Å². The molecule has 2 aromatic carbocycles. The van der Waals surface area contributed by atoms with Crippen LogP contribution < -0.4 is 14.8 Å². The number of nitrogens with one attached hydrogen (secondary N) is 1. The van der Waals surface area contributed by atoms with Crippen molar-refractivity contribution in [3.63, 3.8) is 0 Å². The van der Waals surface area contributed by atoms with Crippen molar-refractivity contribution in [2.45, 2.75) is 12.5 Å². The first-order valence-electron chi connectivity index (χ1n) is 8.65. The fourth-order valence-corrected chi connectivity index (χ4v) is 3.75. The van der Waals surface area contributed by atoms with Crippen LogP contribution in [-0.2, 0) is 0 Å². The summed E-state index contributed by atoms with van der Waals surface area (Å²) in [6, 6.07) is 14.8. The van der Waals surface area contributed by atoms with Crippen molar-refractivity contribution in [1.29, 1.82) is 0 Å². The zero-order valence-corrected chi connectivity index (χ0v) is 16.4. The number of methoxy groups -OCH3 is 2. The van der Waals surface area contributed by atoms with Gasteiger partial charge in [0.05, 0.1) is 20.3 Å². The average Bonchev–Trinajstić information content (AvgIpc) is 2.92. The summed E-state index contributed by atoms with van der Waals surface area (Å²) in [5.74, 6) is 1.59. The van der Waals surface area contributed by atoms with Gasteiger partial charge in [-0.25, -0.2) is 0 Å². The molecule has 0 saturated carbocycles. The Kier molecular flexibility index (Phi) is 6.34. The molecule has 1 fully saturated rings. The third kappa shape index (κ3) is 4.17. The second-order valence-corrected chi connectivity index (χ2v) is 7.09. The van der Waals surface area contributed by atoms with E-state index in [4.69, 9.17) is 9.47 Å². The summed E-state index contributed by atoms with van der Waals surface area (Å²) in [5, 5.41) is 3.49. The molecule has 1 atom stereocenters. The Labute approximate surface area is 158 Å². The Hall–Kier alpha value is -1.56. The maximum atomic E-state index is 5.74. The lowest BCUT2D eigenvalue weighted by Gasteiger charge is -2.32. The standard InChI is InChI=1S/C20H25BrN2O2/c1-24-18-6-3-5-17(20(18)25-2)19(15-7-9-16(21)10-8-15)23-13-4-11-22-12-14-23/h3,5-10,19,22H,4,11-14H2,1-2H3. The Morgan fingerprint density at radius 1 is 1.00 bits per heavy atom. The molecule has 1 N–H and O–H groups in total. The molecule has 4 nitrogen and oxygen atoms in total. The van der Waals surface area contributed by atoms with Gasteiger partial charge in [-0.15, -0.1) is 0 Å². The number of halogens is 1. The van der Waals surface area contributed by atoms with E-state index in [2.05, 4.69) is 56.5 Å². The van der Waals surface area contributed by atoms with Crippen molar-refractivity contribution in [1.82, 2.24) is 10.2 Å². The van der Waals surface area contributed by atoms with E-state index in [0.29, 0.717) is 0 Å². The van der Waals surface area contributed by atoms with Gasteiger partial charge in [0.25, 0.3) is 0 Å². The maximum absolute atomic E-state index is 5.74. The Morgan fingerprint density at radius 3 is 2.52 bits per heavy atom.